The molecule has 2 aromatic rings. The van der Waals surface area contributed by atoms with Gasteiger partial charge >= 0.3 is 0 Å². The summed E-state index contributed by atoms with van der Waals surface area (Å²) < 4.78 is 5.76. The summed E-state index contributed by atoms with van der Waals surface area (Å²) in [6.45, 7) is 4.56. The minimum absolute atomic E-state index is 0.155. The Morgan fingerprint density at radius 3 is 2.21 bits per heavy atom. The van der Waals surface area contributed by atoms with Crippen LogP contribution in [-0.4, -0.2) is 6.61 Å². The highest BCUT2D eigenvalue weighted by Gasteiger charge is 2.07. The molecular weight excluding hydrogens is 258 g/mol. The molecule has 0 aliphatic carbocycles. The van der Waals surface area contributed by atoms with Gasteiger partial charge in [-0.05, 0) is 54.8 Å². The lowest BCUT2D eigenvalue weighted by molar-refractivity contribution is 0.290. The van der Waals surface area contributed by atoms with Crippen LogP contribution in [0.1, 0.15) is 22.7 Å². The molecule has 0 spiro atoms. The van der Waals surface area contributed by atoms with Gasteiger partial charge in [0.05, 0.1) is 6.04 Å². The first-order chi connectivity index (χ1) is 9.04. The van der Waals surface area contributed by atoms with E-state index in [4.69, 9.17) is 22.1 Å². The molecule has 2 N–H and O–H groups in total. The van der Waals surface area contributed by atoms with Gasteiger partial charge in [0.2, 0.25) is 0 Å². The molecule has 19 heavy (non-hydrogen) atoms. The van der Waals surface area contributed by atoms with Gasteiger partial charge in [-0.25, -0.2) is 0 Å². The molecule has 0 saturated carbocycles. The van der Waals surface area contributed by atoms with Crippen LogP contribution in [0.2, 0.25) is 5.02 Å². The summed E-state index contributed by atoms with van der Waals surface area (Å²) in [5.74, 6) is 0.863. The highest BCUT2D eigenvalue weighted by Crippen LogP contribution is 2.19. The van der Waals surface area contributed by atoms with Crippen molar-refractivity contribution < 1.29 is 4.74 Å². The Bertz CT molecular complexity index is 531. The van der Waals surface area contributed by atoms with Gasteiger partial charge in [0.25, 0.3) is 0 Å². The number of benzene rings is 2. The zero-order chi connectivity index (χ0) is 13.8. The zero-order valence-electron chi connectivity index (χ0n) is 11.2. The molecule has 0 amide bonds. The number of hydrogen-bond donors (Lipinski definition) is 1. The molecule has 0 heterocycles. The minimum Gasteiger partial charge on any atom is -0.492 e. The first-order valence-electron chi connectivity index (χ1n) is 6.27. The molecule has 0 radical (unpaired) electrons. The standard InChI is InChI=1S/C16H18ClNO/c1-11-7-12(2)9-15(8-11)19-10-16(18)13-3-5-14(17)6-4-13/h3-9,16H,10,18H2,1-2H3. The molecule has 0 saturated heterocycles. The summed E-state index contributed by atoms with van der Waals surface area (Å²) in [5.41, 5.74) is 9.50. The van der Waals surface area contributed by atoms with Gasteiger partial charge in [-0.2, -0.15) is 0 Å². The van der Waals surface area contributed by atoms with Crippen LogP contribution in [0, 0.1) is 13.8 Å². The Hall–Kier alpha value is -1.51. The van der Waals surface area contributed by atoms with Crippen LogP contribution in [0.25, 0.3) is 0 Å². The van der Waals surface area contributed by atoms with Crippen LogP contribution in [-0.2, 0) is 0 Å². The van der Waals surface area contributed by atoms with E-state index in [-0.39, 0.29) is 6.04 Å². The Morgan fingerprint density at radius 2 is 1.63 bits per heavy atom. The van der Waals surface area contributed by atoms with Gasteiger partial charge < -0.3 is 10.5 Å². The van der Waals surface area contributed by atoms with E-state index in [2.05, 4.69) is 19.9 Å². The molecule has 100 valence electrons. The maximum atomic E-state index is 6.10. The molecular formula is C16H18ClNO. The molecule has 0 aliphatic rings. The fourth-order valence-corrected chi connectivity index (χ4v) is 2.13. The first kappa shape index (κ1) is 13.9. The SMILES string of the molecule is Cc1cc(C)cc(OCC(N)c2ccc(Cl)cc2)c1. The third-order valence-corrected chi connectivity index (χ3v) is 3.17. The maximum Gasteiger partial charge on any atom is 0.119 e. The van der Waals surface area contributed by atoms with Crippen LogP contribution < -0.4 is 10.5 Å². The lowest BCUT2D eigenvalue weighted by Gasteiger charge is -2.14. The summed E-state index contributed by atoms with van der Waals surface area (Å²) in [4.78, 5) is 0. The third-order valence-electron chi connectivity index (χ3n) is 2.92. The number of ether oxygens (including phenoxy) is 1. The van der Waals surface area contributed by atoms with Crippen LogP contribution in [0.5, 0.6) is 5.75 Å². The van der Waals surface area contributed by atoms with Gasteiger partial charge in [0.15, 0.2) is 0 Å². The van der Waals surface area contributed by atoms with E-state index in [1.165, 1.54) is 11.1 Å². The van der Waals surface area contributed by atoms with Gasteiger partial charge in [0, 0.05) is 5.02 Å². The molecule has 2 nitrogen and oxygen atoms in total. The predicted molar refractivity (Wildman–Crippen MR) is 79.8 cm³/mol. The van der Waals surface area contributed by atoms with Crippen molar-refractivity contribution in [2.24, 2.45) is 5.73 Å². The lowest BCUT2D eigenvalue weighted by atomic mass is 10.1. The number of aryl methyl sites for hydroxylation is 2. The van der Waals surface area contributed by atoms with Crippen molar-refractivity contribution in [2.75, 3.05) is 6.61 Å². The fourth-order valence-electron chi connectivity index (χ4n) is 2.01. The maximum absolute atomic E-state index is 6.10. The van der Waals surface area contributed by atoms with Crippen molar-refractivity contribution in [3.63, 3.8) is 0 Å². The average molecular weight is 276 g/mol. The quantitative estimate of drug-likeness (QED) is 0.914. The van der Waals surface area contributed by atoms with Crippen LogP contribution >= 0.6 is 11.6 Å². The van der Waals surface area contributed by atoms with Gasteiger partial charge in [-0.15, -0.1) is 0 Å². The molecule has 0 bridgehead atoms. The molecule has 2 rings (SSSR count). The normalized spacial score (nSPS) is 12.2. The highest BCUT2D eigenvalue weighted by atomic mass is 35.5. The monoisotopic (exact) mass is 275 g/mol. The third kappa shape index (κ3) is 3.98. The van der Waals surface area contributed by atoms with Gasteiger partial charge in [0.1, 0.15) is 12.4 Å². The summed E-state index contributed by atoms with van der Waals surface area (Å²) in [7, 11) is 0. The first-order valence-corrected chi connectivity index (χ1v) is 6.64. The second kappa shape index (κ2) is 6.09. The predicted octanol–water partition coefficient (Wildman–Crippen LogP) is 4.04. The van der Waals surface area contributed by atoms with E-state index >= 15 is 0 Å². The number of rotatable bonds is 4. The molecule has 0 fully saturated rings. The van der Waals surface area contributed by atoms with Crippen LogP contribution in [0.15, 0.2) is 42.5 Å². The number of hydrogen-bond acceptors (Lipinski definition) is 2. The molecule has 1 unspecified atom stereocenters. The second-order valence-corrected chi connectivity index (χ2v) is 5.23. The summed E-state index contributed by atoms with van der Waals surface area (Å²) >= 11 is 5.85. The Kier molecular flexibility index (Phi) is 4.46. The van der Waals surface area contributed by atoms with Crippen molar-refractivity contribution >= 4 is 11.6 Å². The summed E-state index contributed by atoms with van der Waals surface area (Å²) in [5, 5.41) is 0.714. The molecule has 0 aliphatic heterocycles. The second-order valence-electron chi connectivity index (χ2n) is 4.79. The van der Waals surface area contributed by atoms with E-state index in [1.807, 2.05) is 36.4 Å². The van der Waals surface area contributed by atoms with E-state index in [0.717, 1.165) is 11.3 Å². The lowest BCUT2D eigenvalue weighted by Crippen LogP contribution is -2.18. The molecule has 1 atom stereocenters. The average Bonchev–Trinajstić information content (AvgIpc) is 2.36. The van der Waals surface area contributed by atoms with Crippen molar-refractivity contribution in [1.29, 1.82) is 0 Å². The smallest absolute Gasteiger partial charge is 0.119 e. The number of nitrogens with two attached hydrogens (primary N) is 1. The van der Waals surface area contributed by atoms with Crippen molar-refractivity contribution in [3.05, 3.63) is 64.2 Å². The Balaban J connectivity index is 1.99. The van der Waals surface area contributed by atoms with E-state index in [0.29, 0.717) is 11.6 Å². The summed E-state index contributed by atoms with van der Waals surface area (Å²) in [6, 6.07) is 13.5. The van der Waals surface area contributed by atoms with E-state index < -0.39 is 0 Å². The van der Waals surface area contributed by atoms with E-state index in [9.17, 15) is 0 Å². The highest BCUT2D eigenvalue weighted by molar-refractivity contribution is 6.30. The molecule has 2 aromatic carbocycles. The van der Waals surface area contributed by atoms with Crippen molar-refractivity contribution in [1.82, 2.24) is 0 Å². The molecule has 0 aromatic heterocycles. The number of halogens is 1. The fraction of sp³-hybridized carbons (Fsp3) is 0.250. The van der Waals surface area contributed by atoms with Gasteiger partial charge in [-0.1, -0.05) is 29.8 Å². The molecule has 3 heteroatoms. The van der Waals surface area contributed by atoms with Crippen molar-refractivity contribution in [2.45, 2.75) is 19.9 Å². The van der Waals surface area contributed by atoms with Crippen LogP contribution in [0.4, 0.5) is 0 Å². The zero-order valence-corrected chi connectivity index (χ0v) is 11.9. The van der Waals surface area contributed by atoms with Crippen LogP contribution in [0.3, 0.4) is 0 Å². The van der Waals surface area contributed by atoms with Crippen molar-refractivity contribution in [3.8, 4) is 5.75 Å². The summed E-state index contributed by atoms with van der Waals surface area (Å²) in [6.07, 6.45) is 0. The van der Waals surface area contributed by atoms with Gasteiger partial charge in [-0.3, -0.25) is 0 Å². The topological polar surface area (TPSA) is 35.2 Å². The Labute approximate surface area is 119 Å². The minimum atomic E-state index is -0.155. The van der Waals surface area contributed by atoms with E-state index in [1.54, 1.807) is 0 Å². The largest absolute Gasteiger partial charge is 0.492 e. The Morgan fingerprint density at radius 1 is 1.05 bits per heavy atom.